The lowest BCUT2D eigenvalue weighted by Gasteiger charge is -2.07. The van der Waals surface area contributed by atoms with E-state index in [1.807, 2.05) is 24.3 Å². The quantitative estimate of drug-likeness (QED) is 0.809. The molecule has 2 rings (SSSR count). The van der Waals surface area contributed by atoms with Crippen molar-refractivity contribution >= 4 is 0 Å². The van der Waals surface area contributed by atoms with Gasteiger partial charge in [0, 0.05) is 12.3 Å². The van der Waals surface area contributed by atoms with E-state index in [4.69, 9.17) is 10.00 Å². The van der Waals surface area contributed by atoms with Crippen LogP contribution in [0.3, 0.4) is 0 Å². The summed E-state index contributed by atoms with van der Waals surface area (Å²) in [6.07, 6.45) is 3.35. The fourth-order valence-electron chi connectivity index (χ4n) is 1.60. The number of hydrogen-bond donors (Lipinski definition) is 0. The number of aromatic nitrogens is 2. The summed E-state index contributed by atoms with van der Waals surface area (Å²) >= 11 is 0. The van der Waals surface area contributed by atoms with E-state index in [-0.39, 0.29) is 5.56 Å². The van der Waals surface area contributed by atoms with Crippen LogP contribution < -0.4 is 10.3 Å². The first-order valence-corrected chi connectivity index (χ1v) is 5.89. The summed E-state index contributed by atoms with van der Waals surface area (Å²) in [5, 5.41) is 8.56. The van der Waals surface area contributed by atoms with E-state index < -0.39 is 0 Å². The number of nitrogens with zero attached hydrogens (tertiary/aromatic N) is 3. The van der Waals surface area contributed by atoms with Gasteiger partial charge in [-0.1, -0.05) is 12.1 Å². The molecule has 5 nitrogen and oxygen atoms in total. The monoisotopic (exact) mass is 255 g/mol. The zero-order valence-corrected chi connectivity index (χ0v) is 10.3. The molecule has 0 aliphatic rings. The molecular weight excluding hydrogens is 242 g/mol. The Morgan fingerprint density at radius 3 is 2.74 bits per heavy atom. The molecule has 5 heteroatoms. The molecule has 1 aromatic heterocycles. The highest BCUT2D eigenvalue weighted by Gasteiger charge is 1.97. The number of nitriles is 1. The molecule has 0 N–H and O–H groups in total. The van der Waals surface area contributed by atoms with Crippen LogP contribution in [0.2, 0.25) is 0 Å². The highest BCUT2D eigenvalue weighted by Crippen LogP contribution is 2.12. The lowest BCUT2D eigenvalue weighted by molar-refractivity contribution is 0.295. The first-order valence-electron chi connectivity index (χ1n) is 5.89. The van der Waals surface area contributed by atoms with Crippen LogP contribution in [0.15, 0.2) is 47.7 Å². The molecule has 1 heterocycles. The van der Waals surface area contributed by atoms with Gasteiger partial charge in [0.25, 0.3) is 5.56 Å². The average Bonchev–Trinajstić information content (AvgIpc) is 2.43. The fraction of sp³-hybridized carbons (Fsp3) is 0.214. The minimum absolute atomic E-state index is 0.0945. The molecule has 0 spiro atoms. The smallest absolute Gasteiger partial charge is 0.253 e. The van der Waals surface area contributed by atoms with Crippen molar-refractivity contribution in [1.82, 2.24) is 9.55 Å². The summed E-state index contributed by atoms with van der Waals surface area (Å²) in [6, 6.07) is 10.9. The van der Waals surface area contributed by atoms with Crippen LogP contribution in [0.1, 0.15) is 5.56 Å². The Bertz CT molecular complexity index is 626. The van der Waals surface area contributed by atoms with Crippen LogP contribution in [-0.2, 0) is 13.0 Å². The van der Waals surface area contributed by atoms with Crippen LogP contribution in [0.4, 0.5) is 0 Å². The fourth-order valence-corrected chi connectivity index (χ4v) is 1.60. The molecule has 0 atom stereocenters. The van der Waals surface area contributed by atoms with Crippen molar-refractivity contribution in [1.29, 1.82) is 5.26 Å². The maximum Gasteiger partial charge on any atom is 0.253 e. The molecule has 1 aromatic carbocycles. The third-order valence-electron chi connectivity index (χ3n) is 2.60. The van der Waals surface area contributed by atoms with Crippen LogP contribution >= 0.6 is 0 Å². The molecular formula is C14H13N3O2. The molecule has 0 saturated carbocycles. The molecule has 0 aliphatic carbocycles. The van der Waals surface area contributed by atoms with Crippen molar-refractivity contribution in [2.75, 3.05) is 6.61 Å². The Labute approximate surface area is 110 Å². The average molecular weight is 255 g/mol. The topological polar surface area (TPSA) is 67.9 Å². The van der Waals surface area contributed by atoms with E-state index in [9.17, 15) is 4.79 Å². The van der Waals surface area contributed by atoms with Gasteiger partial charge in [-0.25, -0.2) is 4.98 Å². The van der Waals surface area contributed by atoms with Gasteiger partial charge in [-0.3, -0.25) is 9.36 Å². The maximum absolute atomic E-state index is 11.4. The van der Waals surface area contributed by atoms with Gasteiger partial charge in [-0.05, 0) is 17.7 Å². The van der Waals surface area contributed by atoms with Gasteiger partial charge >= 0.3 is 0 Å². The maximum atomic E-state index is 11.4. The molecule has 0 fully saturated rings. The van der Waals surface area contributed by atoms with Gasteiger partial charge in [0.1, 0.15) is 12.4 Å². The number of hydrogen-bond acceptors (Lipinski definition) is 4. The first-order chi connectivity index (χ1) is 9.29. The van der Waals surface area contributed by atoms with Crippen LogP contribution in [0.5, 0.6) is 5.75 Å². The van der Waals surface area contributed by atoms with Gasteiger partial charge in [0.05, 0.1) is 25.4 Å². The largest absolute Gasteiger partial charge is 0.492 e. The van der Waals surface area contributed by atoms with Crippen molar-refractivity contribution in [2.24, 2.45) is 0 Å². The Morgan fingerprint density at radius 1 is 1.26 bits per heavy atom. The molecule has 0 amide bonds. The van der Waals surface area contributed by atoms with Crippen molar-refractivity contribution in [2.45, 2.75) is 13.0 Å². The third kappa shape index (κ3) is 3.68. The SMILES string of the molecule is N#CCc1ccc(OCCn2cnccc2=O)cc1. The minimum Gasteiger partial charge on any atom is -0.492 e. The van der Waals surface area contributed by atoms with E-state index in [2.05, 4.69) is 11.1 Å². The predicted octanol–water partition coefficient (Wildman–Crippen LogP) is 1.39. The van der Waals surface area contributed by atoms with E-state index in [0.29, 0.717) is 19.6 Å². The summed E-state index contributed by atoms with van der Waals surface area (Å²) in [4.78, 5) is 15.3. The van der Waals surface area contributed by atoms with Gasteiger partial charge in [0.2, 0.25) is 0 Å². The second-order valence-corrected chi connectivity index (χ2v) is 3.94. The van der Waals surface area contributed by atoms with Crippen molar-refractivity contribution in [3.05, 3.63) is 58.8 Å². The predicted molar refractivity (Wildman–Crippen MR) is 69.8 cm³/mol. The van der Waals surface area contributed by atoms with E-state index >= 15 is 0 Å². The van der Waals surface area contributed by atoms with Gasteiger partial charge in [-0.2, -0.15) is 5.26 Å². The van der Waals surface area contributed by atoms with Gasteiger partial charge in [0.15, 0.2) is 0 Å². The Kier molecular flexibility index (Phi) is 4.29. The second kappa shape index (κ2) is 6.36. The number of ether oxygens (including phenoxy) is 1. The van der Waals surface area contributed by atoms with Crippen LogP contribution in [-0.4, -0.2) is 16.2 Å². The lowest BCUT2D eigenvalue weighted by Crippen LogP contribution is -2.22. The second-order valence-electron chi connectivity index (χ2n) is 3.94. The Balaban J connectivity index is 1.88. The number of benzene rings is 1. The van der Waals surface area contributed by atoms with E-state index in [0.717, 1.165) is 11.3 Å². The normalized spacial score (nSPS) is 9.84. The van der Waals surface area contributed by atoms with Crippen molar-refractivity contribution in [3.63, 3.8) is 0 Å². The third-order valence-corrected chi connectivity index (χ3v) is 2.60. The first kappa shape index (κ1) is 12.8. The zero-order valence-electron chi connectivity index (χ0n) is 10.3. The molecule has 19 heavy (non-hydrogen) atoms. The Hall–Kier alpha value is -2.61. The van der Waals surface area contributed by atoms with Crippen molar-refractivity contribution < 1.29 is 4.74 Å². The standard InChI is InChI=1S/C14H13N3O2/c15-7-5-12-1-3-13(4-2-12)19-10-9-17-11-16-8-6-14(17)18/h1-4,6,8,11H,5,9-10H2. The molecule has 2 aromatic rings. The molecule has 96 valence electrons. The van der Waals surface area contributed by atoms with Crippen LogP contribution in [0.25, 0.3) is 0 Å². The molecule has 0 unspecified atom stereocenters. The molecule has 0 radical (unpaired) electrons. The van der Waals surface area contributed by atoms with Gasteiger partial charge < -0.3 is 4.74 Å². The van der Waals surface area contributed by atoms with Gasteiger partial charge in [-0.15, -0.1) is 0 Å². The zero-order chi connectivity index (χ0) is 13.5. The molecule has 0 bridgehead atoms. The molecule has 0 aliphatic heterocycles. The number of rotatable bonds is 5. The van der Waals surface area contributed by atoms with E-state index in [1.54, 1.807) is 0 Å². The summed E-state index contributed by atoms with van der Waals surface area (Å²) in [5.74, 6) is 0.721. The summed E-state index contributed by atoms with van der Waals surface area (Å²) < 4.78 is 7.02. The minimum atomic E-state index is -0.0945. The van der Waals surface area contributed by atoms with E-state index in [1.165, 1.54) is 23.2 Å². The highest BCUT2D eigenvalue weighted by atomic mass is 16.5. The lowest BCUT2D eigenvalue weighted by atomic mass is 10.2. The summed E-state index contributed by atoms with van der Waals surface area (Å²) in [7, 11) is 0. The van der Waals surface area contributed by atoms with Crippen molar-refractivity contribution in [3.8, 4) is 11.8 Å². The highest BCUT2D eigenvalue weighted by molar-refractivity contribution is 5.28. The van der Waals surface area contributed by atoms with Crippen LogP contribution in [0, 0.1) is 11.3 Å². The summed E-state index contributed by atoms with van der Waals surface area (Å²) in [6.45, 7) is 0.843. The summed E-state index contributed by atoms with van der Waals surface area (Å²) in [5.41, 5.74) is 0.862. The molecule has 0 saturated heterocycles. The Morgan fingerprint density at radius 2 is 2.05 bits per heavy atom.